The molecule has 0 fully saturated rings. The van der Waals surface area contributed by atoms with Crippen molar-refractivity contribution in [2.24, 2.45) is 5.16 Å². The van der Waals surface area contributed by atoms with Crippen molar-refractivity contribution in [3.05, 3.63) is 55.9 Å². The van der Waals surface area contributed by atoms with Gasteiger partial charge >= 0.3 is 10.1 Å². The van der Waals surface area contributed by atoms with Crippen molar-refractivity contribution in [1.82, 2.24) is 0 Å². The van der Waals surface area contributed by atoms with Gasteiger partial charge in [-0.2, -0.15) is 8.42 Å². The molecule has 0 spiro atoms. The van der Waals surface area contributed by atoms with Crippen LogP contribution in [0.25, 0.3) is 0 Å². The van der Waals surface area contributed by atoms with Crippen molar-refractivity contribution in [2.75, 3.05) is 0 Å². The molecule has 0 aliphatic heterocycles. The van der Waals surface area contributed by atoms with E-state index in [1.54, 1.807) is 12.1 Å². The van der Waals surface area contributed by atoms with Gasteiger partial charge in [-0.25, -0.2) is 0 Å². The van der Waals surface area contributed by atoms with Gasteiger partial charge in [-0.3, -0.25) is 0 Å². The Kier molecular flexibility index (Phi) is 5.49. The van der Waals surface area contributed by atoms with Crippen LogP contribution in [0.3, 0.4) is 0 Å². The molecule has 22 heavy (non-hydrogen) atoms. The van der Waals surface area contributed by atoms with E-state index in [1.807, 2.05) is 0 Å². The van der Waals surface area contributed by atoms with E-state index in [0.717, 1.165) is 0 Å². The second-order valence-corrected chi connectivity index (χ2v) is 7.74. The zero-order valence-corrected chi connectivity index (χ0v) is 15.4. The van der Waals surface area contributed by atoms with Gasteiger partial charge in [0.25, 0.3) is 0 Å². The Hall–Kier alpha value is -1.09. The minimum absolute atomic E-state index is 0.0169. The molecule has 0 aliphatic rings. The van der Waals surface area contributed by atoms with E-state index in [2.05, 4.69) is 37.0 Å². The second kappa shape index (κ2) is 6.99. The molecule has 1 N–H and O–H groups in total. The van der Waals surface area contributed by atoms with E-state index in [4.69, 9.17) is 21.0 Å². The van der Waals surface area contributed by atoms with E-state index in [1.165, 1.54) is 30.5 Å². The highest BCUT2D eigenvalue weighted by Crippen LogP contribution is 2.36. The van der Waals surface area contributed by atoms with Crippen molar-refractivity contribution in [3.63, 3.8) is 0 Å². The summed E-state index contributed by atoms with van der Waals surface area (Å²) in [4.78, 5) is -0.0169. The fourth-order valence-corrected chi connectivity index (χ4v) is 4.25. The van der Waals surface area contributed by atoms with Crippen molar-refractivity contribution in [2.45, 2.75) is 4.90 Å². The lowest BCUT2D eigenvalue weighted by molar-refractivity contribution is 0.322. The largest absolute Gasteiger partial charge is 0.411 e. The molecule has 0 saturated carbocycles. The van der Waals surface area contributed by atoms with Gasteiger partial charge in [-0.1, -0.05) is 16.8 Å². The Labute approximate surface area is 148 Å². The Morgan fingerprint density at radius 3 is 2.18 bits per heavy atom. The molecule has 0 amide bonds. The van der Waals surface area contributed by atoms with Crippen molar-refractivity contribution in [1.29, 1.82) is 0 Å². The molecular formula is C13H8Br2ClNO4S. The zero-order valence-electron chi connectivity index (χ0n) is 10.7. The highest BCUT2D eigenvalue weighted by atomic mass is 79.9. The lowest BCUT2D eigenvalue weighted by Crippen LogP contribution is -2.10. The highest BCUT2D eigenvalue weighted by Gasteiger charge is 2.20. The first-order valence-electron chi connectivity index (χ1n) is 5.70. The molecule has 0 aliphatic carbocycles. The molecule has 0 bridgehead atoms. The summed E-state index contributed by atoms with van der Waals surface area (Å²) < 4.78 is 30.4. The van der Waals surface area contributed by atoms with Crippen LogP contribution in [0.1, 0.15) is 5.56 Å². The number of benzene rings is 2. The van der Waals surface area contributed by atoms with Crippen LogP contribution in [0.4, 0.5) is 0 Å². The minimum atomic E-state index is -4.00. The fraction of sp³-hybridized carbons (Fsp3) is 0. The average molecular weight is 470 g/mol. The maximum Gasteiger partial charge on any atom is 0.339 e. The smallest absolute Gasteiger partial charge is 0.339 e. The molecule has 0 unspecified atom stereocenters. The zero-order chi connectivity index (χ0) is 16.3. The molecule has 2 aromatic rings. The first kappa shape index (κ1) is 17.3. The van der Waals surface area contributed by atoms with Crippen molar-refractivity contribution >= 4 is 59.8 Å². The van der Waals surface area contributed by atoms with Gasteiger partial charge in [0.05, 0.1) is 15.2 Å². The summed E-state index contributed by atoms with van der Waals surface area (Å²) in [7, 11) is -4.00. The maximum atomic E-state index is 12.3. The van der Waals surface area contributed by atoms with E-state index in [-0.39, 0.29) is 10.6 Å². The summed E-state index contributed by atoms with van der Waals surface area (Å²) in [5, 5.41) is 11.9. The topological polar surface area (TPSA) is 76.0 Å². The molecule has 5 nitrogen and oxygen atoms in total. The number of halogens is 3. The van der Waals surface area contributed by atoms with Crippen molar-refractivity contribution < 1.29 is 17.8 Å². The molecule has 0 saturated heterocycles. The number of rotatable bonds is 4. The monoisotopic (exact) mass is 467 g/mol. The van der Waals surface area contributed by atoms with Crippen LogP contribution in [-0.4, -0.2) is 19.8 Å². The maximum absolute atomic E-state index is 12.3. The number of hydrogen-bond acceptors (Lipinski definition) is 5. The summed E-state index contributed by atoms with van der Waals surface area (Å²) in [6.07, 6.45) is 1.20. The minimum Gasteiger partial charge on any atom is -0.411 e. The van der Waals surface area contributed by atoms with Crippen LogP contribution in [0, 0.1) is 0 Å². The van der Waals surface area contributed by atoms with E-state index >= 15 is 0 Å². The third kappa shape index (κ3) is 4.01. The third-order valence-electron chi connectivity index (χ3n) is 2.52. The number of hydrogen-bond donors (Lipinski definition) is 1. The third-order valence-corrected chi connectivity index (χ3v) is 5.19. The SMILES string of the molecule is O=S(=O)(Oc1c(Br)cc(/C=N\O)cc1Br)c1ccc(Cl)cc1. The van der Waals surface area contributed by atoms with E-state index in [0.29, 0.717) is 19.5 Å². The summed E-state index contributed by atoms with van der Waals surface area (Å²) in [5.41, 5.74) is 0.553. The van der Waals surface area contributed by atoms with Gasteiger partial charge < -0.3 is 9.39 Å². The van der Waals surface area contributed by atoms with Crippen LogP contribution in [0.5, 0.6) is 5.75 Å². The van der Waals surface area contributed by atoms with E-state index in [9.17, 15) is 8.42 Å². The number of oxime groups is 1. The molecule has 0 radical (unpaired) electrons. The van der Waals surface area contributed by atoms with Gasteiger partial charge in [0.15, 0.2) is 5.75 Å². The van der Waals surface area contributed by atoms with Crippen LogP contribution in [0.2, 0.25) is 5.02 Å². The van der Waals surface area contributed by atoms with Gasteiger partial charge in [-0.05, 0) is 73.8 Å². The Morgan fingerprint density at radius 1 is 1.14 bits per heavy atom. The predicted molar refractivity (Wildman–Crippen MR) is 90.5 cm³/mol. The van der Waals surface area contributed by atoms with Gasteiger partial charge in [0.1, 0.15) is 4.90 Å². The quantitative estimate of drug-likeness (QED) is 0.311. The molecule has 0 heterocycles. The van der Waals surface area contributed by atoms with Gasteiger partial charge in [0.2, 0.25) is 0 Å². The predicted octanol–water partition coefficient (Wildman–Crippen LogP) is 4.44. The van der Waals surface area contributed by atoms with Gasteiger partial charge in [0, 0.05) is 5.02 Å². The Morgan fingerprint density at radius 2 is 1.68 bits per heavy atom. The molecule has 9 heteroatoms. The fourth-order valence-electron chi connectivity index (χ4n) is 1.56. The normalized spacial score (nSPS) is 11.8. The van der Waals surface area contributed by atoms with Crippen LogP contribution in [-0.2, 0) is 10.1 Å². The van der Waals surface area contributed by atoms with E-state index < -0.39 is 10.1 Å². The summed E-state index contributed by atoms with van der Waals surface area (Å²) in [6, 6.07) is 8.73. The number of nitrogens with zero attached hydrogens (tertiary/aromatic N) is 1. The Balaban J connectivity index is 2.39. The lowest BCUT2D eigenvalue weighted by atomic mass is 10.2. The second-order valence-electron chi connectivity index (χ2n) is 4.05. The molecule has 2 rings (SSSR count). The highest BCUT2D eigenvalue weighted by molar-refractivity contribution is 9.11. The summed E-state index contributed by atoms with van der Waals surface area (Å²) >= 11 is 12.2. The summed E-state index contributed by atoms with van der Waals surface area (Å²) in [5.74, 6) is 0.0880. The van der Waals surface area contributed by atoms with Crippen LogP contribution < -0.4 is 4.18 Å². The molecule has 0 atom stereocenters. The standard InChI is InChI=1S/C13H8Br2ClNO4S/c14-11-5-8(7-17-18)6-12(15)13(11)21-22(19,20)10-3-1-9(16)2-4-10/h1-7,18H/b17-7-. The van der Waals surface area contributed by atoms with Crippen LogP contribution in [0.15, 0.2) is 55.4 Å². The summed E-state index contributed by atoms with van der Waals surface area (Å²) in [6.45, 7) is 0. The van der Waals surface area contributed by atoms with Gasteiger partial charge in [-0.15, -0.1) is 0 Å². The van der Waals surface area contributed by atoms with Crippen LogP contribution >= 0.6 is 43.5 Å². The first-order chi connectivity index (χ1) is 10.3. The Bertz CT molecular complexity index is 799. The lowest BCUT2D eigenvalue weighted by Gasteiger charge is -2.11. The first-order valence-corrected chi connectivity index (χ1v) is 9.07. The molecular weight excluding hydrogens is 461 g/mol. The molecule has 116 valence electrons. The molecule has 0 aromatic heterocycles. The average Bonchev–Trinajstić information content (AvgIpc) is 2.44. The van der Waals surface area contributed by atoms with Crippen molar-refractivity contribution in [3.8, 4) is 5.75 Å². The molecule has 2 aromatic carbocycles.